The molecule has 1 heterocycles. The second kappa shape index (κ2) is 8.12. The highest BCUT2D eigenvalue weighted by Crippen LogP contribution is 2.23. The molecule has 0 atom stereocenters. The minimum absolute atomic E-state index is 0.0549. The molecule has 0 aromatic heterocycles. The third-order valence-electron chi connectivity index (χ3n) is 3.53. The monoisotopic (exact) mass is 395 g/mol. The van der Waals surface area contributed by atoms with Crippen molar-refractivity contribution in [3.63, 3.8) is 0 Å². The van der Waals surface area contributed by atoms with Crippen LogP contribution in [0.3, 0.4) is 0 Å². The minimum Gasteiger partial charge on any atom is -0.459 e. The fourth-order valence-electron chi connectivity index (χ4n) is 2.17. The molecule has 0 N–H and O–H groups in total. The molecule has 1 saturated heterocycles. The molecule has 0 aliphatic carbocycles. The van der Waals surface area contributed by atoms with E-state index >= 15 is 0 Å². The summed E-state index contributed by atoms with van der Waals surface area (Å²) in [5.74, 6) is -2.93. The molecule has 1 fully saturated rings. The predicted octanol–water partition coefficient (Wildman–Crippen LogP) is 0.800. The number of ether oxygens (including phenoxy) is 2. The van der Waals surface area contributed by atoms with Crippen molar-refractivity contribution in [2.75, 3.05) is 13.2 Å². The van der Waals surface area contributed by atoms with Crippen molar-refractivity contribution in [1.29, 1.82) is 0 Å². The Balaban J connectivity index is 1.99. The number of benzene rings is 1. The summed E-state index contributed by atoms with van der Waals surface area (Å²) >= 11 is 0. The number of hydrogen-bond donors (Lipinski definition) is 0. The summed E-state index contributed by atoms with van der Waals surface area (Å²) in [5.41, 5.74) is 0.271. The van der Waals surface area contributed by atoms with Gasteiger partial charge < -0.3 is 9.47 Å². The number of rotatable bonds is 7. The topological polar surface area (TPSA) is 124 Å². The molecule has 9 nitrogen and oxygen atoms in total. The van der Waals surface area contributed by atoms with E-state index in [4.69, 9.17) is 9.47 Å². The van der Waals surface area contributed by atoms with Crippen molar-refractivity contribution in [2.45, 2.75) is 24.7 Å². The highest BCUT2D eigenvalue weighted by molar-refractivity contribution is 7.90. The third kappa shape index (κ3) is 4.59. The van der Waals surface area contributed by atoms with Crippen LogP contribution in [0.1, 0.15) is 30.1 Å². The van der Waals surface area contributed by atoms with E-state index in [1.165, 1.54) is 19.1 Å². The van der Waals surface area contributed by atoms with Gasteiger partial charge in [-0.3, -0.25) is 9.59 Å². The van der Waals surface area contributed by atoms with Crippen molar-refractivity contribution in [3.05, 3.63) is 42.0 Å². The number of esters is 2. The lowest BCUT2D eigenvalue weighted by Crippen LogP contribution is -2.35. The van der Waals surface area contributed by atoms with Crippen LogP contribution in [0.2, 0.25) is 0 Å². The summed E-state index contributed by atoms with van der Waals surface area (Å²) in [7, 11) is -4.30. The van der Waals surface area contributed by atoms with Crippen LogP contribution in [0.15, 0.2) is 41.3 Å². The molecule has 0 bridgehead atoms. The Labute approximate surface area is 155 Å². The van der Waals surface area contributed by atoms with E-state index in [0.29, 0.717) is 0 Å². The van der Waals surface area contributed by atoms with Crippen molar-refractivity contribution in [2.24, 2.45) is 0 Å². The van der Waals surface area contributed by atoms with Crippen LogP contribution < -0.4 is 0 Å². The maximum Gasteiger partial charge on any atom is 0.338 e. The lowest BCUT2D eigenvalue weighted by Gasteiger charge is -2.14. The van der Waals surface area contributed by atoms with Gasteiger partial charge in [0.25, 0.3) is 10.0 Å². The molecule has 2 rings (SSSR count). The minimum atomic E-state index is -4.30. The van der Waals surface area contributed by atoms with Crippen LogP contribution in [-0.4, -0.2) is 49.7 Å². The van der Waals surface area contributed by atoms with Crippen LogP contribution in [0.25, 0.3) is 0 Å². The Kier molecular flexibility index (Phi) is 6.11. The first-order valence-electron chi connectivity index (χ1n) is 7.85. The standard InChI is InChI=1S/C17H17NO8S/c1-11(2)16(21)25-9-10-26-17(22)12-3-5-13(6-4-12)27(23,24)18-14(19)7-8-15(18)20/h3-6H,1,7-10H2,2H3. The Morgan fingerprint density at radius 3 is 2.07 bits per heavy atom. The zero-order chi connectivity index (χ0) is 20.2. The number of sulfonamides is 1. The van der Waals surface area contributed by atoms with E-state index < -0.39 is 33.8 Å². The maximum atomic E-state index is 12.4. The maximum absolute atomic E-state index is 12.4. The van der Waals surface area contributed by atoms with Crippen molar-refractivity contribution in [3.8, 4) is 0 Å². The van der Waals surface area contributed by atoms with Gasteiger partial charge in [0.2, 0.25) is 11.8 Å². The number of imide groups is 1. The first kappa shape index (κ1) is 20.3. The summed E-state index contributed by atoms with van der Waals surface area (Å²) in [4.78, 5) is 46.0. The zero-order valence-corrected chi connectivity index (χ0v) is 15.3. The molecule has 1 aromatic carbocycles. The van der Waals surface area contributed by atoms with Crippen LogP contribution in [0.4, 0.5) is 0 Å². The van der Waals surface area contributed by atoms with Crippen LogP contribution in [-0.2, 0) is 33.9 Å². The molecule has 0 unspecified atom stereocenters. The van der Waals surface area contributed by atoms with Gasteiger partial charge >= 0.3 is 11.9 Å². The number of hydrogen-bond acceptors (Lipinski definition) is 8. The highest BCUT2D eigenvalue weighted by Gasteiger charge is 2.39. The highest BCUT2D eigenvalue weighted by atomic mass is 32.2. The summed E-state index contributed by atoms with van der Waals surface area (Å²) < 4.78 is 34.7. The van der Waals surface area contributed by atoms with Gasteiger partial charge in [0.1, 0.15) is 13.2 Å². The SMILES string of the molecule is C=C(C)C(=O)OCCOC(=O)c1ccc(S(=O)(=O)N2C(=O)CCC2=O)cc1. The van der Waals surface area contributed by atoms with E-state index in [2.05, 4.69) is 6.58 Å². The molecule has 0 radical (unpaired) electrons. The predicted molar refractivity (Wildman–Crippen MR) is 90.8 cm³/mol. The van der Waals surface area contributed by atoms with Gasteiger partial charge in [-0.25, -0.2) is 18.0 Å². The average molecular weight is 395 g/mol. The molecule has 1 aliphatic heterocycles. The van der Waals surface area contributed by atoms with Crippen LogP contribution >= 0.6 is 0 Å². The second-order valence-corrected chi connectivity index (χ2v) is 7.42. The third-order valence-corrected chi connectivity index (χ3v) is 5.29. The van der Waals surface area contributed by atoms with Gasteiger partial charge in [-0.2, -0.15) is 4.31 Å². The second-order valence-electron chi connectivity index (χ2n) is 5.63. The molecule has 1 aromatic rings. The molecule has 1 aliphatic rings. The van der Waals surface area contributed by atoms with Crippen molar-refractivity contribution in [1.82, 2.24) is 4.31 Å². The molecule has 0 saturated carbocycles. The molecule has 144 valence electrons. The van der Waals surface area contributed by atoms with E-state index in [-0.39, 0.29) is 46.4 Å². The van der Waals surface area contributed by atoms with Gasteiger partial charge in [-0.15, -0.1) is 0 Å². The summed E-state index contributed by atoms with van der Waals surface area (Å²) in [6.45, 7) is 4.55. The normalized spacial score (nSPS) is 14.2. The van der Waals surface area contributed by atoms with Crippen molar-refractivity contribution >= 4 is 33.8 Å². The van der Waals surface area contributed by atoms with E-state index in [1.54, 1.807) is 0 Å². The molecule has 0 spiro atoms. The largest absolute Gasteiger partial charge is 0.459 e. The number of nitrogens with zero attached hydrogens (tertiary/aromatic N) is 1. The van der Waals surface area contributed by atoms with E-state index in [9.17, 15) is 27.6 Å². The van der Waals surface area contributed by atoms with Crippen LogP contribution in [0.5, 0.6) is 0 Å². The molecular weight excluding hydrogens is 378 g/mol. The van der Waals surface area contributed by atoms with Crippen LogP contribution in [0, 0.1) is 0 Å². The average Bonchev–Trinajstić information content (AvgIpc) is 2.97. The summed E-state index contributed by atoms with van der Waals surface area (Å²) in [5, 5.41) is 0. The lowest BCUT2D eigenvalue weighted by atomic mass is 10.2. The van der Waals surface area contributed by atoms with Gasteiger partial charge in [0.05, 0.1) is 10.5 Å². The Morgan fingerprint density at radius 1 is 1.04 bits per heavy atom. The molecule has 27 heavy (non-hydrogen) atoms. The molecule has 2 amide bonds. The van der Waals surface area contributed by atoms with E-state index in [0.717, 1.165) is 12.1 Å². The number of carbonyl (C=O) groups excluding carboxylic acids is 4. The van der Waals surface area contributed by atoms with E-state index in [1.807, 2.05) is 0 Å². The fraction of sp³-hybridized carbons (Fsp3) is 0.294. The Bertz CT molecular complexity index is 885. The van der Waals surface area contributed by atoms with Gasteiger partial charge in [0.15, 0.2) is 0 Å². The van der Waals surface area contributed by atoms with Gasteiger partial charge in [-0.1, -0.05) is 6.58 Å². The Morgan fingerprint density at radius 2 is 1.56 bits per heavy atom. The first-order valence-corrected chi connectivity index (χ1v) is 9.29. The number of carbonyl (C=O) groups is 4. The summed E-state index contributed by atoms with van der Waals surface area (Å²) in [6, 6.07) is 4.60. The van der Waals surface area contributed by atoms with Gasteiger partial charge in [-0.05, 0) is 31.2 Å². The smallest absolute Gasteiger partial charge is 0.338 e. The first-order chi connectivity index (χ1) is 12.6. The molecule has 10 heteroatoms. The summed E-state index contributed by atoms with van der Waals surface area (Å²) in [6.07, 6.45) is -0.309. The number of amides is 2. The van der Waals surface area contributed by atoms with Crippen molar-refractivity contribution < 1.29 is 37.1 Å². The lowest BCUT2D eigenvalue weighted by molar-refractivity contribution is -0.140. The quantitative estimate of drug-likeness (QED) is 0.287. The van der Waals surface area contributed by atoms with Gasteiger partial charge in [0, 0.05) is 18.4 Å². The molecular formula is C17H17NO8S. The fourth-order valence-corrected chi connectivity index (χ4v) is 3.58. The Hall–Kier alpha value is -3.01. The zero-order valence-electron chi connectivity index (χ0n) is 14.5.